The molecule has 0 saturated carbocycles. The van der Waals surface area contributed by atoms with E-state index in [2.05, 4.69) is 25.3 Å². The highest BCUT2D eigenvalue weighted by Crippen LogP contribution is 2.28. The number of hydrogen-bond acceptors (Lipinski definition) is 6. The lowest BCUT2D eigenvalue weighted by Gasteiger charge is -2.39. The largest absolute Gasteiger partial charge is 0.351 e. The molecule has 3 aromatic heterocycles. The summed E-state index contributed by atoms with van der Waals surface area (Å²) in [5.41, 5.74) is 1.66. The highest BCUT2D eigenvalue weighted by molar-refractivity contribution is 5.95. The fourth-order valence-electron chi connectivity index (χ4n) is 3.45. The van der Waals surface area contributed by atoms with Crippen LogP contribution < -0.4 is 9.80 Å². The predicted molar refractivity (Wildman–Crippen MR) is 90.6 cm³/mol. The fraction of sp³-hybridized carbons (Fsp3) is 0.438. The van der Waals surface area contributed by atoms with Gasteiger partial charge in [-0.15, -0.1) is 15.3 Å². The molecule has 5 rings (SSSR count). The summed E-state index contributed by atoms with van der Waals surface area (Å²) < 4.78 is 3.72. The number of carbonyl (C=O) groups is 1. The van der Waals surface area contributed by atoms with Gasteiger partial charge in [0.15, 0.2) is 11.5 Å². The summed E-state index contributed by atoms with van der Waals surface area (Å²) >= 11 is 0. The molecular weight excluding hydrogens is 320 g/mol. The molecule has 1 amide bonds. The second kappa shape index (κ2) is 5.27. The Morgan fingerprint density at radius 2 is 2.08 bits per heavy atom. The van der Waals surface area contributed by atoms with Crippen molar-refractivity contribution in [2.24, 2.45) is 0 Å². The molecule has 0 N–H and O–H groups in total. The van der Waals surface area contributed by atoms with E-state index in [4.69, 9.17) is 0 Å². The third-order valence-electron chi connectivity index (χ3n) is 4.94. The number of aryl methyl sites for hydroxylation is 1. The first kappa shape index (κ1) is 14.4. The van der Waals surface area contributed by atoms with Crippen molar-refractivity contribution >= 4 is 23.1 Å². The zero-order valence-corrected chi connectivity index (χ0v) is 13.9. The van der Waals surface area contributed by atoms with E-state index < -0.39 is 0 Å². The summed E-state index contributed by atoms with van der Waals surface area (Å²) in [5, 5.41) is 17.1. The molecule has 2 aliphatic rings. The van der Waals surface area contributed by atoms with Crippen LogP contribution in [0.5, 0.6) is 0 Å². The molecule has 0 atom stereocenters. The van der Waals surface area contributed by atoms with Gasteiger partial charge in [0, 0.05) is 32.3 Å². The summed E-state index contributed by atoms with van der Waals surface area (Å²) in [6.07, 6.45) is 5.33. The molecule has 2 aliphatic heterocycles. The summed E-state index contributed by atoms with van der Waals surface area (Å²) in [6, 6.07) is 4.20. The number of carbonyl (C=O) groups excluding carboxylic acids is 1. The smallest absolute Gasteiger partial charge is 0.227 e. The van der Waals surface area contributed by atoms with Crippen LogP contribution in [0.25, 0.3) is 5.65 Å². The first-order valence-corrected chi connectivity index (χ1v) is 8.47. The zero-order chi connectivity index (χ0) is 17.0. The highest BCUT2D eigenvalue weighted by Gasteiger charge is 2.31. The molecule has 0 aromatic carbocycles. The Hall–Kier alpha value is -2.97. The highest BCUT2D eigenvalue weighted by atomic mass is 16.2. The first-order valence-electron chi connectivity index (χ1n) is 8.47. The maximum absolute atomic E-state index is 11.8. The number of hydrogen-bond donors (Lipinski definition) is 0. The van der Waals surface area contributed by atoms with E-state index in [1.165, 1.54) is 0 Å². The molecule has 9 heteroatoms. The van der Waals surface area contributed by atoms with Crippen LogP contribution in [0.1, 0.15) is 24.7 Å². The van der Waals surface area contributed by atoms with Crippen molar-refractivity contribution in [2.75, 3.05) is 29.4 Å². The van der Waals surface area contributed by atoms with Crippen molar-refractivity contribution in [3.8, 4) is 0 Å². The van der Waals surface area contributed by atoms with E-state index in [9.17, 15) is 4.79 Å². The molecule has 128 valence electrons. The Morgan fingerprint density at radius 1 is 1.20 bits per heavy atom. The SMILES string of the molecule is Cc1nnc2ccc(N3CC(n4cc(N5CCCC5=O)cn4)C3)nn12. The van der Waals surface area contributed by atoms with Crippen LogP contribution in [0.4, 0.5) is 11.5 Å². The maximum atomic E-state index is 11.8. The Labute approximate surface area is 143 Å². The quantitative estimate of drug-likeness (QED) is 0.703. The van der Waals surface area contributed by atoms with Gasteiger partial charge in [0.25, 0.3) is 0 Å². The lowest BCUT2D eigenvalue weighted by Crippen LogP contribution is -2.48. The normalized spacial score (nSPS) is 18.4. The van der Waals surface area contributed by atoms with Crippen LogP contribution in [-0.4, -0.2) is 55.1 Å². The lowest BCUT2D eigenvalue weighted by atomic mass is 10.1. The minimum absolute atomic E-state index is 0.191. The van der Waals surface area contributed by atoms with E-state index in [0.717, 1.165) is 49.0 Å². The number of anilines is 2. The van der Waals surface area contributed by atoms with Crippen LogP contribution in [-0.2, 0) is 4.79 Å². The van der Waals surface area contributed by atoms with Crippen LogP contribution in [0.3, 0.4) is 0 Å². The van der Waals surface area contributed by atoms with Gasteiger partial charge in [-0.05, 0) is 25.5 Å². The summed E-state index contributed by atoms with van der Waals surface area (Å²) in [7, 11) is 0. The van der Waals surface area contributed by atoms with E-state index in [1.807, 2.05) is 34.8 Å². The van der Waals surface area contributed by atoms with Crippen molar-refractivity contribution < 1.29 is 4.79 Å². The molecule has 2 saturated heterocycles. The molecule has 9 nitrogen and oxygen atoms in total. The topological polar surface area (TPSA) is 84.5 Å². The molecule has 0 unspecified atom stereocenters. The lowest BCUT2D eigenvalue weighted by molar-refractivity contribution is -0.117. The van der Waals surface area contributed by atoms with Crippen LogP contribution in [0, 0.1) is 6.92 Å². The second-order valence-corrected chi connectivity index (χ2v) is 6.60. The molecule has 0 radical (unpaired) electrons. The Balaban J connectivity index is 1.30. The average molecular weight is 338 g/mol. The van der Waals surface area contributed by atoms with Gasteiger partial charge in [0.2, 0.25) is 5.91 Å². The van der Waals surface area contributed by atoms with Crippen molar-refractivity contribution in [2.45, 2.75) is 25.8 Å². The number of amides is 1. The van der Waals surface area contributed by atoms with E-state index in [1.54, 1.807) is 10.7 Å². The monoisotopic (exact) mass is 338 g/mol. The van der Waals surface area contributed by atoms with Gasteiger partial charge in [-0.3, -0.25) is 9.48 Å². The van der Waals surface area contributed by atoms with Crippen LogP contribution in [0.15, 0.2) is 24.5 Å². The number of fused-ring (bicyclic) bond motifs is 1. The molecule has 25 heavy (non-hydrogen) atoms. The van der Waals surface area contributed by atoms with Gasteiger partial charge < -0.3 is 9.80 Å². The van der Waals surface area contributed by atoms with Gasteiger partial charge in [-0.25, -0.2) is 0 Å². The molecule has 0 aliphatic carbocycles. The molecular formula is C16H18N8O. The van der Waals surface area contributed by atoms with Gasteiger partial charge in [-0.1, -0.05) is 0 Å². The van der Waals surface area contributed by atoms with Gasteiger partial charge >= 0.3 is 0 Å². The van der Waals surface area contributed by atoms with Crippen molar-refractivity contribution in [3.05, 3.63) is 30.4 Å². The minimum Gasteiger partial charge on any atom is -0.351 e. The van der Waals surface area contributed by atoms with Crippen LogP contribution in [0.2, 0.25) is 0 Å². The Bertz CT molecular complexity index is 954. The van der Waals surface area contributed by atoms with Crippen molar-refractivity contribution in [3.63, 3.8) is 0 Å². The molecule has 0 bridgehead atoms. The number of rotatable bonds is 3. The Kier molecular flexibility index (Phi) is 3.03. The second-order valence-electron chi connectivity index (χ2n) is 6.60. The van der Waals surface area contributed by atoms with E-state index >= 15 is 0 Å². The third kappa shape index (κ3) is 2.26. The maximum Gasteiger partial charge on any atom is 0.227 e. The zero-order valence-electron chi connectivity index (χ0n) is 13.9. The van der Waals surface area contributed by atoms with Crippen LogP contribution >= 0.6 is 0 Å². The standard InChI is InChI=1S/C16H18N8O/c1-11-18-19-14-4-5-15(20-24(11)14)21-8-13(9-21)23-10-12(7-17-23)22-6-2-3-16(22)25/h4-5,7,10,13H,2-3,6,8-9H2,1H3. The molecule has 5 heterocycles. The molecule has 2 fully saturated rings. The van der Waals surface area contributed by atoms with Gasteiger partial charge in [0.05, 0.1) is 17.9 Å². The summed E-state index contributed by atoms with van der Waals surface area (Å²) in [6.45, 7) is 4.37. The van der Waals surface area contributed by atoms with E-state index in [-0.39, 0.29) is 5.91 Å². The predicted octanol–water partition coefficient (Wildman–Crippen LogP) is 0.817. The summed E-state index contributed by atoms with van der Waals surface area (Å²) in [5.74, 6) is 1.88. The molecule has 0 spiro atoms. The molecule has 3 aromatic rings. The third-order valence-corrected chi connectivity index (χ3v) is 4.94. The van der Waals surface area contributed by atoms with E-state index in [0.29, 0.717) is 12.5 Å². The average Bonchev–Trinajstić information content (AvgIpc) is 3.27. The number of aromatic nitrogens is 6. The fourth-order valence-corrected chi connectivity index (χ4v) is 3.45. The van der Waals surface area contributed by atoms with Gasteiger partial charge in [-0.2, -0.15) is 9.61 Å². The van der Waals surface area contributed by atoms with Gasteiger partial charge in [0.1, 0.15) is 5.82 Å². The van der Waals surface area contributed by atoms with Crippen molar-refractivity contribution in [1.29, 1.82) is 0 Å². The minimum atomic E-state index is 0.191. The van der Waals surface area contributed by atoms with Crippen molar-refractivity contribution in [1.82, 2.24) is 29.6 Å². The Morgan fingerprint density at radius 3 is 2.88 bits per heavy atom. The summed E-state index contributed by atoms with van der Waals surface area (Å²) in [4.78, 5) is 15.9. The number of nitrogens with zero attached hydrogens (tertiary/aromatic N) is 8. The first-order chi connectivity index (χ1) is 12.2.